The molecule has 0 amide bonds. The van der Waals surface area contributed by atoms with Crippen molar-refractivity contribution in [2.24, 2.45) is 0 Å². The van der Waals surface area contributed by atoms with Gasteiger partial charge >= 0.3 is 0 Å². The maximum absolute atomic E-state index is 13.1. The summed E-state index contributed by atoms with van der Waals surface area (Å²) in [6.45, 7) is 0.764. The zero-order chi connectivity index (χ0) is 15.2. The van der Waals surface area contributed by atoms with Crippen LogP contribution in [-0.4, -0.2) is 23.9 Å². The van der Waals surface area contributed by atoms with Crippen LogP contribution in [-0.2, 0) is 6.54 Å². The Hall–Kier alpha value is -2.11. The zero-order valence-electron chi connectivity index (χ0n) is 11.7. The fourth-order valence-corrected chi connectivity index (χ4v) is 2.03. The SMILES string of the molecule is COc1ccc(CNC[C@H](O)c2cccc(F)c2)cc1O. The van der Waals surface area contributed by atoms with Gasteiger partial charge in [0.15, 0.2) is 11.5 Å². The molecule has 0 aromatic heterocycles. The van der Waals surface area contributed by atoms with E-state index in [-0.39, 0.29) is 18.1 Å². The Bertz CT molecular complexity index is 604. The number of nitrogens with one attached hydrogen (secondary N) is 1. The topological polar surface area (TPSA) is 61.7 Å². The number of ether oxygens (including phenoxy) is 1. The summed E-state index contributed by atoms with van der Waals surface area (Å²) in [4.78, 5) is 0. The van der Waals surface area contributed by atoms with Crippen molar-refractivity contribution in [2.45, 2.75) is 12.6 Å². The van der Waals surface area contributed by atoms with Crippen LogP contribution in [0, 0.1) is 5.82 Å². The van der Waals surface area contributed by atoms with E-state index in [0.29, 0.717) is 17.9 Å². The van der Waals surface area contributed by atoms with Crippen molar-refractivity contribution in [1.82, 2.24) is 5.32 Å². The quantitative estimate of drug-likeness (QED) is 0.764. The molecule has 3 N–H and O–H groups in total. The number of hydrogen-bond donors (Lipinski definition) is 3. The van der Waals surface area contributed by atoms with E-state index in [1.807, 2.05) is 6.07 Å². The van der Waals surface area contributed by atoms with Crippen LogP contribution in [0.3, 0.4) is 0 Å². The summed E-state index contributed by atoms with van der Waals surface area (Å²) in [5.41, 5.74) is 1.39. The van der Waals surface area contributed by atoms with Gasteiger partial charge in [0.05, 0.1) is 13.2 Å². The minimum Gasteiger partial charge on any atom is -0.504 e. The summed E-state index contributed by atoms with van der Waals surface area (Å²) in [7, 11) is 1.49. The van der Waals surface area contributed by atoms with Crippen LogP contribution in [0.1, 0.15) is 17.2 Å². The van der Waals surface area contributed by atoms with Crippen LogP contribution in [0.25, 0.3) is 0 Å². The summed E-state index contributed by atoms with van der Waals surface area (Å²) in [5, 5.41) is 22.7. The number of phenolic OH excluding ortho intramolecular Hbond substituents is 1. The van der Waals surface area contributed by atoms with Crippen LogP contribution in [0.15, 0.2) is 42.5 Å². The van der Waals surface area contributed by atoms with Gasteiger partial charge in [-0.25, -0.2) is 4.39 Å². The van der Waals surface area contributed by atoms with Crippen LogP contribution in [0.4, 0.5) is 4.39 Å². The molecule has 2 rings (SSSR count). The number of halogens is 1. The Labute approximate surface area is 122 Å². The summed E-state index contributed by atoms with van der Waals surface area (Å²) in [6.07, 6.45) is -0.785. The van der Waals surface area contributed by atoms with Gasteiger partial charge in [-0.2, -0.15) is 0 Å². The van der Waals surface area contributed by atoms with Gasteiger partial charge < -0.3 is 20.3 Å². The number of methoxy groups -OCH3 is 1. The second kappa shape index (κ2) is 7.06. The number of hydrogen-bond acceptors (Lipinski definition) is 4. The normalized spacial score (nSPS) is 12.1. The molecule has 0 aliphatic heterocycles. The third-order valence-corrected chi connectivity index (χ3v) is 3.14. The number of aliphatic hydroxyl groups excluding tert-OH is 1. The highest BCUT2D eigenvalue weighted by Gasteiger charge is 2.08. The Morgan fingerprint density at radius 2 is 2.05 bits per heavy atom. The molecule has 0 radical (unpaired) electrons. The Kier molecular flexibility index (Phi) is 5.14. The van der Waals surface area contributed by atoms with Gasteiger partial charge in [0.1, 0.15) is 5.82 Å². The van der Waals surface area contributed by atoms with Gasteiger partial charge in [-0.15, -0.1) is 0 Å². The third kappa shape index (κ3) is 4.18. The molecule has 0 bridgehead atoms. The summed E-state index contributed by atoms with van der Waals surface area (Å²) in [5.74, 6) is 0.118. The molecule has 1 atom stereocenters. The van der Waals surface area contributed by atoms with Crippen LogP contribution < -0.4 is 10.1 Å². The van der Waals surface area contributed by atoms with E-state index < -0.39 is 6.10 Å². The molecule has 0 aliphatic carbocycles. The largest absolute Gasteiger partial charge is 0.504 e. The van der Waals surface area contributed by atoms with Crippen molar-refractivity contribution in [3.63, 3.8) is 0 Å². The molecule has 112 valence electrons. The molecule has 21 heavy (non-hydrogen) atoms. The van der Waals surface area contributed by atoms with E-state index in [0.717, 1.165) is 5.56 Å². The standard InChI is InChI=1S/C16H18FNO3/c1-21-16-6-5-11(7-14(16)19)9-18-10-15(20)12-3-2-4-13(17)8-12/h2-8,15,18-20H,9-10H2,1H3/t15-/m0/s1. The molecule has 2 aromatic rings. The van der Waals surface area contributed by atoms with Gasteiger partial charge in [0.25, 0.3) is 0 Å². The Balaban J connectivity index is 1.88. The smallest absolute Gasteiger partial charge is 0.160 e. The average molecular weight is 291 g/mol. The number of rotatable bonds is 6. The van der Waals surface area contributed by atoms with Crippen molar-refractivity contribution in [3.8, 4) is 11.5 Å². The number of aliphatic hydroxyl groups is 1. The van der Waals surface area contributed by atoms with Gasteiger partial charge in [-0.1, -0.05) is 18.2 Å². The second-order valence-electron chi connectivity index (χ2n) is 4.71. The molecule has 0 aliphatic rings. The lowest BCUT2D eigenvalue weighted by Gasteiger charge is -2.13. The van der Waals surface area contributed by atoms with Crippen molar-refractivity contribution >= 4 is 0 Å². The first kappa shape index (κ1) is 15.3. The monoisotopic (exact) mass is 291 g/mol. The lowest BCUT2D eigenvalue weighted by molar-refractivity contribution is 0.174. The van der Waals surface area contributed by atoms with Crippen molar-refractivity contribution in [3.05, 3.63) is 59.4 Å². The minimum atomic E-state index is -0.785. The fraction of sp³-hybridized carbons (Fsp3) is 0.250. The average Bonchev–Trinajstić information content (AvgIpc) is 2.47. The lowest BCUT2D eigenvalue weighted by Crippen LogP contribution is -2.21. The van der Waals surface area contributed by atoms with Crippen LogP contribution >= 0.6 is 0 Å². The molecular weight excluding hydrogens is 273 g/mol. The first-order chi connectivity index (χ1) is 10.1. The number of aromatic hydroxyl groups is 1. The summed E-state index contributed by atoms with van der Waals surface area (Å²) < 4.78 is 18.0. The van der Waals surface area contributed by atoms with Crippen LogP contribution in [0.2, 0.25) is 0 Å². The second-order valence-corrected chi connectivity index (χ2v) is 4.71. The third-order valence-electron chi connectivity index (χ3n) is 3.14. The zero-order valence-corrected chi connectivity index (χ0v) is 11.7. The molecule has 0 spiro atoms. The van der Waals surface area contributed by atoms with E-state index in [1.54, 1.807) is 24.3 Å². The molecule has 4 nitrogen and oxygen atoms in total. The molecule has 5 heteroatoms. The highest BCUT2D eigenvalue weighted by atomic mass is 19.1. The van der Waals surface area contributed by atoms with Crippen molar-refractivity contribution < 1.29 is 19.3 Å². The maximum atomic E-state index is 13.1. The first-order valence-corrected chi connectivity index (χ1v) is 6.60. The van der Waals surface area contributed by atoms with E-state index in [9.17, 15) is 14.6 Å². The minimum absolute atomic E-state index is 0.0717. The maximum Gasteiger partial charge on any atom is 0.160 e. The Morgan fingerprint density at radius 1 is 1.24 bits per heavy atom. The highest BCUT2D eigenvalue weighted by molar-refractivity contribution is 5.41. The fourth-order valence-electron chi connectivity index (χ4n) is 2.03. The molecule has 0 fully saturated rings. The molecular formula is C16H18FNO3. The van der Waals surface area contributed by atoms with Gasteiger partial charge in [0, 0.05) is 13.1 Å². The lowest BCUT2D eigenvalue weighted by atomic mass is 10.1. The van der Waals surface area contributed by atoms with Gasteiger partial charge in [-0.05, 0) is 35.4 Å². The first-order valence-electron chi connectivity index (χ1n) is 6.60. The highest BCUT2D eigenvalue weighted by Crippen LogP contribution is 2.26. The van der Waals surface area contributed by atoms with E-state index in [4.69, 9.17) is 4.74 Å². The predicted octanol–water partition coefficient (Wildman–Crippen LogP) is 2.36. The predicted molar refractivity (Wildman–Crippen MR) is 77.7 cm³/mol. The van der Waals surface area contributed by atoms with Crippen LogP contribution in [0.5, 0.6) is 11.5 Å². The Morgan fingerprint density at radius 3 is 2.71 bits per heavy atom. The molecule has 0 unspecified atom stereocenters. The molecule has 0 saturated carbocycles. The van der Waals surface area contributed by atoms with Gasteiger partial charge in [-0.3, -0.25) is 0 Å². The summed E-state index contributed by atoms with van der Waals surface area (Å²) in [6, 6.07) is 11.0. The molecule has 0 saturated heterocycles. The number of benzene rings is 2. The molecule has 0 heterocycles. The number of phenols is 1. The van der Waals surface area contributed by atoms with E-state index in [1.165, 1.54) is 19.2 Å². The summed E-state index contributed by atoms with van der Waals surface area (Å²) >= 11 is 0. The van der Waals surface area contributed by atoms with E-state index in [2.05, 4.69) is 5.32 Å². The molecule has 2 aromatic carbocycles. The van der Waals surface area contributed by atoms with Gasteiger partial charge in [0.2, 0.25) is 0 Å². The van der Waals surface area contributed by atoms with Crippen molar-refractivity contribution in [2.75, 3.05) is 13.7 Å². The van der Waals surface area contributed by atoms with Crippen molar-refractivity contribution in [1.29, 1.82) is 0 Å². The van der Waals surface area contributed by atoms with E-state index >= 15 is 0 Å².